The summed E-state index contributed by atoms with van der Waals surface area (Å²) in [6, 6.07) is 10.1. The van der Waals surface area contributed by atoms with E-state index in [2.05, 4.69) is 10.1 Å². The molecule has 2 heterocycles. The SMILES string of the molecule is Cc1nn(-c2cccc([N+](=O)[O-])c2)c2cccnc12. The molecule has 0 saturated carbocycles. The van der Waals surface area contributed by atoms with E-state index in [1.165, 1.54) is 12.1 Å². The zero-order valence-corrected chi connectivity index (χ0v) is 10.1. The van der Waals surface area contributed by atoms with Gasteiger partial charge in [0.2, 0.25) is 0 Å². The van der Waals surface area contributed by atoms with Crippen LogP contribution in [0, 0.1) is 17.0 Å². The molecule has 0 aliphatic rings. The van der Waals surface area contributed by atoms with Gasteiger partial charge in [-0.2, -0.15) is 5.10 Å². The van der Waals surface area contributed by atoms with Crippen LogP contribution in [0.1, 0.15) is 5.69 Å². The van der Waals surface area contributed by atoms with Gasteiger partial charge >= 0.3 is 0 Å². The van der Waals surface area contributed by atoms with Crippen LogP contribution in [-0.2, 0) is 0 Å². The summed E-state index contributed by atoms with van der Waals surface area (Å²) in [7, 11) is 0. The van der Waals surface area contributed by atoms with Gasteiger partial charge in [0.25, 0.3) is 5.69 Å². The lowest BCUT2D eigenvalue weighted by atomic mass is 10.2. The largest absolute Gasteiger partial charge is 0.271 e. The first kappa shape index (κ1) is 11.3. The molecule has 0 unspecified atom stereocenters. The minimum absolute atomic E-state index is 0.0442. The highest BCUT2D eigenvalue weighted by Crippen LogP contribution is 2.22. The van der Waals surface area contributed by atoms with Crippen molar-refractivity contribution in [1.82, 2.24) is 14.8 Å². The third-order valence-electron chi connectivity index (χ3n) is 2.89. The molecule has 0 aliphatic carbocycles. The first-order valence-electron chi connectivity index (χ1n) is 5.72. The maximum absolute atomic E-state index is 10.8. The van der Waals surface area contributed by atoms with Gasteiger partial charge in [-0.1, -0.05) is 6.07 Å². The summed E-state index contributed by atoms with van der Waals surface area (Å²) in [6.45, 7) is 1.86. The molecule has 0 saturated heterocycles. The molecule has 0 aliphatic heterocycles. The van der Waals surface area contributed by atoms with Crippen LogP contribution in [0.5, 0.6) is 0 Å². The minimum Gasteiger partial charge on any atom is -0.258 e. The summed E-state index contributed by atoms with van der Waals surface area (Å²) in [5, 5.41) is 15.2. The van der Waals surface area contributed by atoms with Gasteiger partial charge in [0.05, 0.1) is 21.8 Å². The lowest BCUT2D eigenvalue weighted by Crippen LogP contribution is -1.98. The molecular formula is C13H10N4O2. The predicted molar refractivity (Wildman–Crippen MR) is 70.3 cm³/mol. The number of non-ortho nitro benzene ring substituents is 1. The first-order chi connectivity index (χ1) is 9.16. The fourth-order valence-electron chi connectivity index (χ4n) is 2.03. The Morgan fingerprint density at radius 2 is 2.11 bits per heavy atom. The Hall–Kier alpha value is -2.76. The summed E-state index contributed by atoms with van der Waals surface area (Å²) in [4.78, 5) is 14.7. The number of pyridine rings is 1. The molecule has 0 amide bonds. The van der Waals surface area contributed by atoms with Crippen molar-refractivity contribution < 1.29 is 4.92 Å². The highest BCUT2D eigenvalue weighted by Gasteiger charge is 2.12. The van der Waals surface area contributed by atoms with E-state index in [1.807, 2.05) is 19.1 Å². The molecule has 2 aromatic heterocycles. The van der Waals surface area contributed by atoms with Crippen molar-refractivity contribution >= 4 is 16.7 Å². The minimum atomic E-state index is -0.416. The normalized spacial score (nSPS) is 10.8. The van der Waals surface area contributed by atoms with Crippen molar-refractivity contribution in [3.05, 3.63) is 58.4 Å². The van der Waals surface area contributed by atoms with Crippen molar-refractivity contribution in [2.75, 3.05) is 0 Å². The second-order valence-electron chi connectivity index (χ2n) is 4.15. The number of nitro groups is 1. The first-order valence-corrected chi connectivity index (χ1v) is 5.72. The van der Waals surface area contributed by atoms with E-state index in [-0.39, 0.29) is 5.69 Å². The van der Waals surface area contributed by atoms with Gasteiger partial charge in [0, 0.05) is 18.3 Å². The van der Waals surface area contributed by atoms with Crippen LogP contribution in [0.15, 0.2) is 42.6 Å². The van der Waals surface area contributed by atoms with Crippen LogP contribution in [0.3, 0.4) is 0 Å². The lowest BCUT2D eigenvalue weighted by Gasteiger charge is -2.02. The second kappa shape index (κ2) is 4.16. The number of hydrogen-bond acceptors (Lipinski definition) is 4. The third-order valence-corrected chi connectivity index (χ3v) is 2.89. The van der Waals surface area contributed by atoms with Gasteiger partial charge < -0.3 is 0 Å². The summed E-state index contributed by atoms with van der Waals surface area (Å²) < 4.78 is 1.67. The number of nitrogens with zero attached hydrogens (tertiary/aromatic N) is 4. The zero-order valence-electron chi connectivity index (χ0n) is 10.1. The Bertz CT molecular complexity index is 779. The van der Waals surface area contributed by atoms with Gasteiger partial charge in [-0.05, 0) is 25.1 Å². The summed E-state index contributed by atoms with van der Waals surface area (Å²) >= 11 is 0. The van der Waals surface area contributed by atoms with E-state index >= 15 is 0 Å². The lowest BCUT2D eigenvalue weighted by molar-refractivity contribution is -0.384. The monoisotopic (exact) mass is 254 g/mol. The number of benzene rings is 1. The molecule has 0 spiro atoms. The topological polar surface area (TPSA) is 73.8 Å². The molecule has 6 nitrogen and oxygen atoms in total. The van der Waals surface area contributed by atoms with E-state index in [0.29, 0.717) is 5.69 Å². The molecular weight excluding hydrogens is 244 g/mol. The molecule has 0 bridgehead atoms. The van der Waals surface area contributed by atoms with Crippen LogP contribution in [0.2, 0.25) is 0 Å². The van der Waals surface area contributed by atoms with E-state index in [0.717, 1.165) is 16.7 Å². The third kappa shape index (κ3) is 1.83. The number of rotatable bonds is 2. The molecule has 0 atom stereocenters. The Kier molecular flexibility index (Phi) is 2.49. The fourth-order valence-corrected chi connectivity index (χ4v) is 2.03. The molecule has 19 heavy (non-hydrogen) atoms. The highest BCUT2D eigenvalue weighted by atomic mass is 16.6. The second-order valence-corrected chi connectivity index (χ2v) is 4.15. The van der Waals surface area contributed by atoms with Crippen molar-refractivity contribution in [3.8, 4) is 5.69 Å². The van der Waals surface area contributed by atoms with Crippen molar-refractivity contribution in [3.63, 3.8) is 0 Å². The Morgan fingerprint density at radius 3 is 2.89 bits per heavy atom. The predicted octanol–water partition coefficient (Wildman–Crippen LogP) is 2.64. The van der Waals surface area contributed by atoms with E-state index in [4.69, 9.17) is 0 Å². The van der Waals surface area contributed by atoms with Crippen LogP contribution in [0.25, 0.3) is 16.7 Å². The average molecular weight is 254 g/mol. The van der Waals surface area contributed by atoms with Gasteiger partial charge in [-0.15, -0.1) is 0 Å². The van der Waals surface area contributed by atoms with Crippen LogP contribution >= 0.6 is 0 Å². The van der Waals surface area contributed by atoms with Gasteiger partial charge in [0.1, 0.15) is 5.52 Å². The van der Waals surface area contributed by atoms with Crippen molar-refractivity contribution in [2.45, 2.75) is 6.92 Å². The maximum Gasteiger partial charge on any atom is 0.271 e. The standard InChI is InChI=1S/C13H10N4O2/c1-9-13-12(6-3-7-14-13)16(15-9)10-4-2-5-11(8-10)17(18)19/h2-8H,1H3. The number of fused-ring (bicyclic) bond motifs is 1. The van der Waals surface area contributed by atoms with Crippen LogP contribution < -0.4 is 0 Å². The van der Waals surface area contributed by atoms with E-state index < -0.39 is 4.92 Å². The zero-order chi connectivity index (χ0) is 13.4. The van der Waals surface area contributed by atoms with Gasteiger partial charge in [-0.3, -0.25) is 15.1 Å². The van der Waals surface area contributed by atoms with Crippen LogP contribution in [0.4, 0.5) is 5.69 Å². The summed E-state index contributed by atoms with van der Waals surface area (Å²) in [5.41, 5.74) is 3.12. The van der Waals surface area contributed by atoms with Crippen molar-refractivity contribution in [1.29, 1.82) is 0 Å². The smallest absolute Gasteiger partial charge is 0.258 e. The fraction of sp³-hybridized carbons (Fsp3) is 0.0769. The van der Waals surface area contributed by atoms with Crippen molar-refractivity contribution in [2.24, 2.45) is 0 Å². The number of nitro benzene ring substituents is 1. The molecule has 1 aromatic carbocycles. The molecule has 94 valence electrons. The number of aromatic nitrogens is 3. The van der Waals surface area contributed by atoms with E-state index in [1.54, 1.807) is 23.0 Å². The maximum atomic E-state index is 10.8. The molecule has 6 heteroatoms. The number of aryl methyl sites for hydroxylation is 1. The summed E-state index contributed by atoms with van der Waals surface area (Å²) in [6.07, 6.45) is 1.70. The molecule has 0 fully saturated rings. The highest BCUT2D eigenvalue weighted by molar-refractivity contribution is 5.79. The molecule has 0 radical (unpaired) electrons. The van der Waals surface area contributed by atoms with E-state index in [9.17, 15) is 10.1 Å². The Balaban J connectivity index is 2.25. The Labute approximate surface area is 108 Å². The molecule has 3 aromatic rings. The Morgan fingerprint density at radius 1 is 1.26 bits per heavy atom. The summed E-state index contributed by atoms with van der Waals surface area (Å²) in [5.74, 6) is 0. The van der Waals surface area contributed by atoms with Crippen LogP contribution in [-0.4, -0.2) is 19.7 Å². The number of hydrogen-bond donors (Lipinski definition) is 0. The molecule has 3 rings (SSSR count). The molecule has 0 N–H and O–H groups in total. The average Bonchev–Trinajstić information content (AvgIpc) is 2.77. The van der Waals surface area contributed by atoms with Gasteiger partial charge in [-0.25, -0.2) is 4.68 Å². The van der Waals surface area contributed by atoms with Gasteiger partial charge in [0.15, 0.2) is 0 Å². The quantitative estimate of drug-likeness (QED) is 0.520.